The summed E-state index contributed by atoms with van der Waals surface area (Å²) in [5.74, 6) is 0.524. The van der Waals surface area contributed by atoms with Crippen LogP contribution in [-0.2, 0) is 9.53 Å². The molecule has 1 amide bonds. The third-order valence-electron chi connectivity index (χ3n) is 3.18. The molecule has 1 unspecified atom stereocenters. The predicted octanol–water partition coefficient (Wildman–Crippen LogP) is 0.305. The number of ether oxygens (including phenoxy) is 2. The van der Waals surface area contributed by atoms with Crippen LogP contribution in [0.15, 0.2) is 24.3 Å². The summed E-state index contributed by atoms with van der Waals surface area (Å²) in [7, 11) is 0. The van der Waals surface area contributed by atoms with E-state index in [0.29, 0.717) is 24.5 Å². The fourth-order valence-corrected chi connectivity index (χ4v) is 1.91. The van der Waals surface area contributed by atoms with E-state index < -0.39 is 5.60 Å². The number of rotatable bonds is 6. The van der Waals surface area contributed by atoms with Gasteiger partial charge in [-0.15, -0.1) is 0 Å². The van der Waals surface area contributed by atoms with Gasteiger partial charge in [0, 0.05) is 25.3 Å². The molecule has 6 heteroatoms. The van der Waals surface area contributed by atoms with Crippen molar-refractivity contribution in [3.63, 3.8) is 0 Å². The molecule has 1 heterocycles. The summed E-state index contributed by atoms with van der Waals surface area (Å²) in [6, 6.07) is 6.99. The van der Waals surface area contributed by atoms with Crippen LogP contribution >= 0.6 is 0 Å². The van der Waals surface area contributed by atoms with Gasteiger partial charge in [0.05, 0.1) is 19.6 Å². The zero-order chi connectivity index (χ0) is 14.4. The molecule has 0 aromatic heterocycles. The van der Waals surface area contributed by atoms with E-state index >= 15 is 0 Å². The normalized spacial score (nSPS) is 21.6. The molecular formula is C14H20N2O4. The summed E-state index contributed by atoms with van der Waals surface area (Å²) in [4.78, 5) is 11.6. The first kappa shape index (κ1) is 14.6. The average molecular weight is 280 g/mol. The lowest BCUT2D eigenvalue weighted by atomic mass is 10.0. The number of hydrogen-bond donors (Lipinski definition) is 3. The molecule has 1 aromatic rings. The molecule has 0 spiro atoms. The average Bonchev–Trinajstić information content (AvgIpc) is 2.86. The summed E-state index contributed by atoms with van der Waals surface area (Å²) in [6.07, 6.45) is 0.788. The maximum Gasteiger partial charge on any atom is 0.223 e. The van der Waals surface area contributed by atoms with Crippen molar-refractivity contribution < 1.29 is 19.4 Å². The molecule has 0 saturated carbocycles. The molecule has 0 aliphatic carbocycles. The number of carbonyl (C=O) groups is 1. The molecule has 4 N–H and O–H groups in total. The zero-order valence-corrected chi connectivity index (χ0v) is 11.3. The van der Waals surface area contributed by atoms with E-state index in [1.54, 1.807) is 24.3 Å². The van der Waals surface area contributed by atoms with Crippen molar-refractivity contribution >= 4 is 11.6 Å². The topological polar surface area (TPSA) is 93.8 Å². The monoisotopic (exact) mass is 280 g/mol. The van der Waals surface area contributed by atoms with Crippen molar-refractivity contribution in [3.05, 3.63) is 24.3 Å². The van der Waals surface area contributed by atoms with Crippen LogP contribution in [0, 0.1) is 0 Å². The van der Waals surface area contributed by atoms with Crippen molar-refractivity contribution in [2.24, 2.45) is 0 Å². The minimum Gasteiger partial charge on any atom is -0.493 e. The predicted molar refractivity (Wildman–Crippen MR) is 74.4 cm³/mol. The highest BCUT2D eigenvalue weighted by molar-refractivity contribution is 5.76. The number of nitrogens with two attached hydrogens (primary N) is 1. The highest BCUT2D eigenvalue weighted by atomic mass is 16.5. The first-order valence-electron chi connectivity index (χ1n) is 6.63. The minimum atomic E-state index is -0.923. The van der Waals surface area contributed by atoms with E-state index in [1.165, 1.54) is 0 Å². The third kappa shape index (κ3) is 4.40. The summed E-state index contributed by atoms with van der Waals surface area (Å²) < 4.78 is 10.5. The van der Waals surface area contributed by atoms with Crippen molar-refractivity contribution in [2.45, 2.75) is 18.4 Å². The van der Waals surface area contributed by atoms with Gasteiger partial charge >= 0.3 is 0 Å². The van der Waals surface area contributed by atoms with Gasteiger partial charge in [0.25, 0.3) is 0 Å². The van der Waals surface area contributed by atoms with E-state index in [4.69, 9.17) is 15.2 Å². The molecule has 1 aliphatic rings. The van der Waals surface area contributed by atoms with Crippen LogP contribution in [-0.4, -0.2) is 43.0 Å². The van der Waals surface area contributed by atoms with Gasteiger partial charge in [0.15, 0.2) is 0 Å². The molecule has 0 bridgehead atoms. The molecule has 6 nitrogen and oxygen atoms in total. The molecule has 1 atom stereocenters. The molecule has 1 aliphatic heterocycles. The molecular weight excluding hydrogens is 260 g/mol. The van der Waals surface area contributed by atoms with E-state index in [2.05, 4.69) is 5.32 Å². The summed E-state index contributed by atoms with van der Waals surface area (Å²) in [5, 5.41) is 12.7. The van der Waals surface area contributed by atoms with E-state index in [1.807, 2.05) is 0 Å². The fraction of sp³-hybridized carbons (Fsp3) is 0.500. The lowest BCUT2D eigenvalue weighted by molar-refractivity contribution is -0.122. The van der Waals surface area contributed by atoms with Gasteiger partial charge in [0.1, 0.15) is 11.4 Å². The van der Waals surface area contributed by atoms with Crippen LogP contribution in [0.25, 0.3) is 0 Å². The van der Waals surface area contributed by atoms with Crippen molar-refractivity contribution in [3.8, 4) is 5.75 Å². The smallest absolute Gasteiger partial charge is 0.223 e. The van der Waals surface area contributed by atoms with Crippen molar-refractivity contribution in [1.29, 1.82) is 0 Å². The zero-order valence-electron chi connectivity index (χ0n) is 11.3. The number of amides is 1. The number of nitrogen functional groups attached to an aromatic ring is 1. The Bertz CT molecular complexity index is 441. The molecule has 0 radical (unpaired) electrons. The standard InChI is InChI=1S/C14H20N2O4/c15-11-1-3-12(4-2-11)20-7-5-13(17)16-9-14(18)6-8-19-10-14/h1-4,18H,5-10,15H2,(H,16,17). The molecule has 1 fully saturated rings. The van der Waals surface area contributed by atoms with Crippen molar-refractivity contribution in [2.75, 3.05) is 32.1 Å². The quantitative estimate of drug-likeness (QED) is 0.652. The SMILES string of the molecule is Nc1ccc(OCCC(=O)NCC2(O)CCOC2)cc1. The van der Waals surface area contributed by atoms with E-state index in [0.717, 1.165) is 0 Å². The molecule has 1 saturated heterocycles. The van der Waals surface area contributed by atoms with Crippen LogP contribution in [0.1, 0.15) is 12.8 Å². The second-order valence-electron chi connectivity index (χ2n) is 4.97. The highest BCUT2D eigenvalue weighted by Crippen LogP contribution is 2.17. The van der Waals surface area contributed by atoms with Gasteiger partial charge in [-0.05, 0) is 24.3 Å². The van der Waals surface area contributed by atoms with Crippen LogP contribution in [0.2, 0.25) is 0 Å². The van der Waals surface area contributed by atoms with Crippen LogP contribution < -0.4 is 15.8 Å². The Morgan fingerprint density at radius 2 is 2.20 bits per heavy atom. The van der Waals surface area contributed by atoms with Crippen LogP contribution in [0.3, 0.4) is 0 Å². The Kier molecular flexibility index (Phi) is 4.81. The van der Waals surface area contributed by atoms with Gasteiger partial charge in [-0.1, -0.05) is 0 Å². The highest BCUT2D eigenvalue weighted by Gasteiger charge is 2.32. The second-order valence-corrected chi connectivity index (χ2v) is 4.97. The van der Waals surface area contributed by atoms with E-state index in [-0.39, 0.29) is 32.1 Å². The number of nitrogens with one attached hydrogen (secondary N) is 1. The van der Waals surface area contributed by atoms with Gasteiger partial charge < -0.3 is 25.6 Å². The van der Waals surface area contributed by atoms with Gasteiger partial charge in [-0.25, -0.2) is 0 Å². The number of benzene rings is 1. The fourth-order valence-electron chi connectivity index (χ4n) is 1.91. The maximum atomic E-state index is 11.6. The summed E-state index contributed by atoms with van der Waals surface area (Å²) in [6.45, 7) is 1.31. The minimum absolute atomic E-state index is 0.152. The van der Waals surface area contributed by atoms with Crippen LogP contribution in [0.4, 0.5) is 5.69 Å². The third-order valence-corrected chi connectivity index (χ3v) is 3.18. The van der Waals surface area contributed by atoms with Gasteiger partial charge in [-0.2, -0.15) is 0 Å². The summed E-state index contributed by atoms with van der Waals surface area (Å²) >= 11 is 0. The van der Waals surface area contributed by atoms with Gasteiger partial charge in [0.2, 0.25) is 5.91 Å². The van der Waals surface area contributed by atoms with Gasteiger partial charge in [-0.3, -0.25) is 4.79 Å². The number of aliphatic hydroxyl groups is 1. The molecule has 2 rings (SSSR count). The Morgan fingerprint density at radius 1 is 1.45 bits per heavy atom. The number of carbonyl (C=O) groups excluding carboxylic acids is 1. The molecule has 110 valence electrons. The molecule has 1 aromatic carbocycles. The first-order chi connectivity index (χ1) is 9.57. The van der Waals surface area contributed by atoms with E-state index in [9.17, 15) is 9.90 Å². The number of hydrogen-bond acceptors (Lipinski definition) is 5. The lowest BCUT2D eigenvalue weighted by Crippen LogP contribution is -2.43. The van der Waals surface area contributed by atoms with Crippen molar-refractivity contribution in [1.82, 2.24) is 5.32 Å². The first-order valence-corrected chi connectivity index (χ1v) is 6.63. The second kappa shape index (κ2) is 6.58. The summed E-state index contributed by atoms with van der Waals surface area (Å²) in [5.41, 5.74) is 5.31. The Labute approximate surface area is 117 Å². The Balaban J connectivity index is 1.64. The molecule has 20 heavy (non-hydrogen) atoms. The van der Waals surface area contributed by atoms with Crippen LogP contribution in [0.5, 0.6) is 5.75 Å². The Morgan fingerprint density at radius 3 is 2.85 bits per heavy atom. The Hall–Kier alpha value is -1.79. The maximum absolute atomic E-state index is 11.6. The largest absolute Gasteiger partial charge is 0.493 e. The lowest BCUT2D eigenvalue weighted by Gasteiger charge is -2.20. The number of anilines is 1.